The van der Waals surface area contributed by atoms with Crippen LogP contribution in [0, 0.1) is 5.92 Å². The van der Waals surface area contributed by atoms with Gasteiger partial charge in [0.15, 0.2) is 0 Å². The highest BCUT2D eigenvalue weighted by Crippen LogP contribution is 2.25. The van der Waals surface area contributed by atoms with E-state index in [0.717, 1.165) is 31.3 Å². The first-order chi connectivity index (χ1) is 9.26. The molecule has 100 valence electrons. The summed E-state index contributed by atoms with van der Waals surface area (Å²) in [5, 5.41) is 5.80. The van der Waals surface area contributed by atoms with Gasteiger partial charge in [-0.1, -0.05) is 12.1 Å². The minimum atomic E-state index is 0.788. The Hall–Kier alpha value is -1.74. The second-order valence-corrected chi connectivity index (χ2v) is 5.30. The van der Waals surface area contributed by atoms with Crippen molar-refractivity contribution in [3.05, 3.63) is 36.4 Å². The molecule has 0 radical (unpaired) electrons. The summed E-state index contributed by atoms with van der Waals surface area (Å²) in [4.78, 5) is 2.34. The molecule has 1 aliphatic rings. The van der Waals surface area contributed by atoms with Gasteiger partial charge in [-0.05, 0) is 35.0 Å². The van der Waals surface area contributed by atoms with Crippen molar-refractivity contribution in [1.29, 1.82) is 0 Å². The lowest BCUT2D eigenvalue weighted by Gasteiger charge is -2.32. The van der Waals surface area contributed by atoms with Gasteiger partial charge in [0, 0.05) is 38.3 Å². The van der Waals surface area contributed by atoms with E-state index in [0.29, 0.717) is 0 Å². The van der Waals surface area contributed by atoms with E-state index in [1.54, 1.807) is 7.11 Å². The summed E-state index contributed by atoms with van der Waals surface area (Å²) in [7, 11) is 3.87. The van der Waals surface area contributed by atoms with Crippen LogP contribution in [-0.2, 0) is 0 Å². The molecule has 0 unspecified atom stereocenters. The lowest BCUT2D eigenvalue weighted by molar-refractivity contribution is 0.353. The van der Waals surface area contributed by atoms with Crippen molar-refractivity contribution in [2.45, 2.75) is 0 Å². The van der Waals surface area contributed by atoms with E-state index < -0.39 is 0 Å². The van der Waals surface area contributed by atoms with Gasteiger partial charge in [0.1, 0.15) is 5.75 Å². The van der Waals surface area contributed by atoms with Gasteiger partial charge in [-0.3, -0.25) is 0 Å². The van der Waals surface area contributed by atoms with Crippen molar-refractivity contribution in [3.8, 4) is 5.75 Å². The first kappa shape index (κ1) is 12.3. The molecule has 1 saturated heterocycles. The van der Waals surface area contributed by atoms with Crippen LogP contribution in [0.15, 0.2) is 36.4 Å². The van der Waals surface area contributed by atoms with Crippen LogP contribution >= 0.6 is 0 Å². The summed E-state index contributed by atoms with van der Waals surface area (Å²) < 4.78 is 5.26. The largest absolute Gasteiger partial charge is 0.497 e. The van der Waals surface area contributed by atoms with Crippen LogP contribution in [0.5, 0.6) is 5.75 Å². The molecule has 0 atom stereocenters. The Labute approximate surface area is 114 Å². The molecule has 0 bridgehead atoms. The molecule has 0 spiro atoms. The summed E-state index contributed by atoms with van der Waals surface area (Å²) >= 11 is 0. The zero-order chi connectivity index (χ0) is 13.2. The number of nitrogens with zero attached hydrogens (tertiary/aromatic N) is 1. The molecule has 0 saturated carbocycles. The molecule has 0 aromatic heterocycles. The number of methoxy groups -OCH3 is 1. The summed E-state index contributed by atoms with van der Waals surface area (Å²) in [5.74, 6) is 1.70. The van der Waals surface area contributed by atoms with Gasteiger partial charge < -0.3 is 15.0 Å². The number of fused-ring (bicyclic) bond motifs is 1. The second kappa shape index (κ2) is 5.10. The Bertz CT molecular complexity index is 578. The number of nitrogens with one attached hydrogen (secondary N) is 1. The number of hydrogen-bond donors (Lipinski definition) is 1. The normalized spacial score (nSPS) is 15.3. The van der Waals surface area contributed by atoms with E-state index >= 15 is 0 Å². The third-order valence-electron chi connectivity index (χ3n) is 3.87. The Morgan fingerprint density at radius 1 is 1.16 bits per heavy atom. The molecule has 1 aliphatic heterocycles. The maximum Gasteiger partial charge on any atom is 0.119 e. The Kier molecular flexibility index (Phi) is 3.30. The molecule has 0 amide bonds. The van der Waals surface area contributed by atoms with Gasteiger partial charge in [0.2, 0.25) is 0 Å². The average molecular weight is 256 g/mol. The molecule has 3 heteroatoms. The topological polar surface area (TPSA) is 24.5 Å². The molecule has 0 aliphatic carbocycles. The molecular formula is C16H20N2O. The van der Waals surface area contributed by atoms with E-state index in [9.17, 15) is 0 Å². The predicted molar refractivity (Wildman–Crippen MR) is 80.1 cm³/mol. The second-order valence-electron chi connectivity index (χ2n) is 5.30. The van der Waals surface area contributed by atoms with Crippen molar-refractivity contribution in [2.24, 2.45) is 5.92 Å². The fraction of sp³-hybridized carbons (Fsp3) is 0.375. The highest BCUT2D eigenvalue weighted by atomic mass is 16.5. The van der Waals surface area contributed by atoms with E-state index in [-0.39, 0.29) is 0 Å². The van der Waals surface area contributed by atoms with Crippen LogP contribution < -0.4 is 15.0 Å². The SMILES string of the molecule is COc1ccc2cc(N(C)CC3CNC3)ccc2c1. The van der Waals surface area contributed by atoms with E-state index in [1.807, 2.05) is 6.07 Å². The number of benzene rings is 2. The smallest absolute Gasteiger partial charge is 0.119 e. The van der Waals surface area contributed by atoms with Crippen LogP contribution in [0.3, 0.4) is 0 Å². The van der Waals surface area contributed by atoms with Crippen LogP contribution in [0.25, 0.3) is 10.8 Å². The highest BCUT2D eigenvalue weighted by Gasteiger charge is 2.18. The molecule has 1 heterocycles. The summed E-state index contributed by atoms with van der Waals surface area (Å²) in [6, 6.07) is 12.8. The quantitative estimate of drug-likeness (QED) is 0.909. The van der Waals surface area contributed by atoms with Crippen LogP contribution in [0.2, 0.25) is 0 Å². The van der Waals surface area contributed by atoms with Crippen molar-refractivity contribution >= 4 is 16.5 Å². The maximum absolute atomic E-state index is 5.26. The van der Waals surface area contributed by atoms with Crippen molar-refractivity contribution in [2.75, 3.05) is 38.7 Å². The Morgan fingerprint density at radius 2 is 1.89 bits per heavy atom. The number of ether oxygens (including phenoxy) is 1. The zero-order valence-corrected chi connectivity index (χ0v) is 11.5. The monoisotopic (exact) mass is 256 g/mol. The van der Waals surface area contributed by atoms with Crippen LogP contribution in [0.4, 0.5) is 5.69 Å². The molecule has 19 heavy (non-hydrogen) atoms. The van der Waals surface area contributed by atoms with Gasteiger partial charge in [-0.2, -0.15) is 0 Å². The lowest BCUT2D eigenvalue weighted by Crippen LogP contribution is -2.47. The summed E-state index contributed by atoms with van der Waals surface area (Å²) in [6.45, 7) is 3.42. The van der Waals surface area contributed by atoms with Gasteiger partial charge in [-0.15, -0.1) is 0 Å². The van der Waals surface area contributed by atoms with Crippen LogP contribution in [0.1, 0.15) is 0 Å². The van der Waals surface area contributed by atoms with Gasteiger partial charge in [0.25, 0.3) is 0 Å². The fourth-order valence-corrected chi connectivity index (χ4v) is 2.55. The molecule has 2 aromatic carbocycles. The van der Waals surface area contributed by atoms with E-state index in [2.05, 4.69) is 47.6 Å². The average Bonchev–Trinajstić information content (AvgIpc) is 2.41. The third-order valence-corrected chi connectivity index (χ3v) is 3.87. The van der Waals surface area contributed by atoms with Gasteiger partial charge >= 0.3 is 0 Å². The standard InChI is InChI=1S/C16H20N2O/c1-18(11-12-9-17-10-12)15-5-3-14-8-16(19-2)6-4-13(14)7-15/h3-8,12,17H,9-11H2,1-2H3. The predicted octanol–water partition coefficient (Wildman–Crippen LogP) is 2.50. The highest BCUT2D eigenvalue weighted by molar-refractivity contribution is 5.87. The van der Waals surface area contributed by atoms with Crippen molar-refractivity contribution in [1.82, 2.24) is 5.32 Å². The lowest BCUT2D eigenvalue weighted by atomic mass is 10.0. The molecule has 3 rings (SSSR count). The number of anilines is 1. The minimum absolute atomic E-state index is 0.788. The van der Waals surface area contributed by atoms with Crippen molar-refractivity contribution < 1.29 is 4.74 Å². The van der Waals surface area contributed by atoms with Gasteiger partial charge in [-0.25, -0.2) is 0 Å². The maximum atomic E-state index is 5.26. The molecule has 3 nitrogen and oxygen atoms in total. The van der Waals surface area contributed by atoms with Gasteiger partial charge in [0.05, 0.1) is 7.11 Å². The number of rotatable bonds is 4. The first-order valence-electron chi connectivity index (χ1n) is 6.76. The van der Waals surface area contributed by atoms with Crippen LogP contribution in [-0.4, -0.2) is 33.8 Å². The zero-order valence-electron chi connectivity index (χ0n) is 11.5. The third kappa shape index (κ3) is 2.51. The Morgan fingerprint density at radius 3 is 2.58 bits per heavy atom. The molecular weight excluding hydrogens is 236 g/mol. The van der Waals surface area contributed by atoms with E-state index in [4.69, 9.17) is 4.74 Å². The molecule has 1 N–H and O–H groups in total. The minimum Gasteiger partial charge on any atom is -0.497 e. The first-order valence-corrected chi connectivity index (χ1v) is 6.76. The molecule has 2 aromatic rings. The summed E-state index contributed by atoms with van der Waals surface area (Å²) in [5.41, 5.74) is 1.28. The van der Waals surface area contributed by atoms with E-state index in [1.165, 1.54) is 16.5 Å². The number of hydrogen-bond acceptors (Lipinski definition) is 3. The fourth-order valence-electron chi connectivity index (χ4n) is 2.55. The molecule has 1 fully saturated rings. The summed E-state index contributed by atoms with van der Waals surface area (Å²) in [6.07, 6.45) is 0. The van der Waals surface area contributed by atoms with Crippen molar-refractivity contribution in [3.63, 3.8) is 0 Å². The Balaban J connectivity index is 1.84.